The fourth-order valence-corrected chi connectivity index (χ4v) is 3.61. The highest BCUT2D eigenvalue weighted by Crippen LogP contribution is 2.18. The monoisotopic (exact) mass is 401 g/mol. The van der Waals surface area contributed by atoms with E-state index in [1.807, 2.05) is 18.2 Å². The highest BCUT2D eigenvalue weighted by atomic mass is 35.5. The maximum Gasteiger partial charge on any atom is 0.263 e. The Balaban J connectivity index is 1.47. The lowest BCUT2D eigenvalue weighted by molar-refractivity contribution is -0.120. The van der Waals surface area contributed by atoms with Gasteiger partial charge in [-0.3, -0.25) is 14.4 Å². The molecule has 0 unspecified atom stereocenters. The van der Waals surface area contributed by atoms with Gasteiger partial charge >= 0.3 is 0 Å². The topological polar surface area (TPSA) is 71.4 Å². The molecular weight excluding hydrogens is 378 g/mol. The van der Waals surface area contributed by atoms with E-state index in [9.17, 15) is 14.4 Å². The second-order valence-electron chi connectivity index (χ2n) is 7.15. The summed E-state index contributed by atoms with van der Waals surface area (Å²) in [6.07, 6.45) is 3.49. The number of amides is 2. The fraction of sp³-hybridized carbons (Fsp3) is 0.381. The molecule has 2 amide bonds. The lowest BCUT2D eigenvalue weighted by atomic mass is 9.96. The zero-order valence-corrected chi connectivity index (χ0v) is 16.6. The minimum atomic E-state index is -0.276. The number of benzene rings is 1. The molecule has 0 radical (unpaired) electrons. The normalized spacial score (nSPS) is 14.7. The fourth-order valence-electron chi connectivity index (χ4n) is 3.41. The van der Waals surface area contributed by atoms with E-state index < -0.39 is 0 Å². The average molecular weight is 402 g/mol. The van der Waals surface area contributed by atoms with Crippen LogP contribution in [0.5, 0.6) is 0 Å². The number of hydrogen-bond acceptors (Lipinski definition) is 3. The van der Waals surface area contributed by atoms with Crippen molar-refractivity contribution in [3.05, 3.63) is 69.1 Å². The van der Waals surface area contributed by atoms with Crippen LogP contribution >= 0.6 is 11.6 Å². The predicted octanol–water partition coefficient (Wildman–Crippen LogP) is 2.25. The summed E-state index contributed by atoms with van der Waals surface area (Å²) in [5.41, 5.74) is 0.740. The highest BCUT2D eigenvalue weighted by Gasteiger charge is 2.25. The minimum absolute atomic E-state index is 0.0561. The molecule has 3 rings (SSSR count). The Morgan fingerprint density at radius 3 is 2.57 bits per heavy atom. The number of piperidine rings is 1. The summed E-state index contributed by atoms with van der Waals surface area (Å²) < 4.78 is 1.41. The maximum absolute atomic E-state index is 12.6. The summed E-state index contributed by atoms with van der Waals surface area (Å²) in [6, 6.07) is 10.6. The van der Waals surface area contributed by atoms with Crippen LogP contribution in [0.2, 0.25) is 5.02 Å². The third-order valence-electron chi connectivity index (χ3n) is 5.15. The van der Waals surface area contributed by atoms with Crippen LogP contribution in [-0.2, 0) is 18.3 Å². The number of halogens is 1. The second-order valence-corrected chi connectivity index (χ2v) is 7.55. The average Bonchev–Trinajstić information content (AvgIpc) is 2.70. The molecule has 7 heteroatoms. The van der Waals surface area contributed by atoms with E-state index >= 15 is 0 Å². The number of pyridine rings is 1. The molecule has 6 nitrogen and oxygen atoms in total. The Bertz CT molecular complexity index is 917. The van der Waals surface area contributed by atoms with Gasteiger partial charge in [0.2, 0.25) is 5.91 Å². The molecule has 0 spiro atoms. The van der Waals surface area contributed by atoms with Gasteiger partial charge in [-0.25, -0.2) is 0 Å². The van der Waals surface area contributed by atoms with Crippen molar-refractivity contribution < 1.29 is 9.59 Å². The minimum Gasteiger partial charge on any atom is -0.356 e. The number of carbonyl (C=O) groups is 2. The van der Waals surface area contributed by atoms with Gasteiger partial charge in [0.1, 0.15) is 5.56 Å². The molecule has 1 aliphatic rings. The molecule has 0 saturated carbocycles. The van der Waals surface area contributed by atoms with E-state index in [-0.39, 0.29) is 29.4 Å². The van der Waals surface area contributed by atoms with E-state index in [1.165, 1.54) is 4.57 Å². The van der Waals surface area contributed by atoms with E-state index in [0.29, 0.717) is 30.6 Å². The van der Waals surface area contributed by atoms with E-state index in [1.54, 1.807) is 36.3 Å². The molecule has 1 aromatic heterocycles. The maximum atomic E-state index is 12.6. The second kappa shape index (κ2) is 9.06. The van der Waals surface area contributed by atoms with Crippen LogP contribution in [0.3, 0.4) is 0 Å². The number of carbonyl (C=O) groups excluding carboxylic acids is 2. The Hall–Kier alpha value is -2.60. The molecule has 1 saturated heterocycles. The Kier molecular flexibility index (Phi) is 6.52. The van der Waals surface area contributed by atoms with Crippen LogP contribution in [0.4, 0.5) is 0 Å². The summed E-state index contributed by atoms with van der Waals surface area (Å²) in [7, 11) is 1.64. The van der Waals surface area contributed by atoms with Crippen molar-refractivity contribution in [2.75, 3.05) is 19.6 Å². The molecule has 148 valence electrons. The van der Waals surface area contributed by atoms with Crippen LogP contribution < -0.4 is 10.9 Å². The number of likely N-dealkylation sites (tertiary alicyclic amines) is 1. The van der Waals surface area contributed by atoms with Crippen molar-refractivity contribution >= 4 is 23.4 Å². The molecule has 1 aromatic carbocycles. The standard InChI is InChI=1S/C21H24ClN3O3/c1-24-10-4-6-17(20(24)27)21(28)25-11-8-15(9-12-25)14-23-19(26)13-16-5-2-3-7-18(16)22/h2-7,10,15H,8-9,11-14H2,1H3,(H,23,26). The van der Waals surface area contributed by atoms with Gasteiger partial charge in [0.25, 0.3) is 11.5 Å². The van der Waals surface area contributed by atoms with Gasteiger partial charge in [-0.05, 0) is 42.5 Å². The van der Waals surface area contributed by atoms with Gasteiger partial charge in [-0.1, -0.05) is 29.8 Å². The molecule has 0 aliphatic carbocycles. The van der Waals surface area contributed by atoms with Crippen LogP contribution in [0.25, 0.3) is 0 Å². The van der Waals surface area contributed by atoms with E-state index in [2.05, 4.69) is 5.32 Å². The Morgan fingerprint density at radius 2 is 1.86 bits per heavy atom. The summed E-state index contributed by atoms with van der Waals surface area (Å²) in [5.74, 6) is 0.0413. The van der Waals surface area contributed by atoms with E-state index in [0.717, 1.165) is 18.4 Å². The first-order chi connectivity index (χ1) is 13.5. The van der Waals surface area contributed by atoms with Gasteiger partial charge in [0.05, 0.1) is 6.42 Å². The molecule has 0 atom stereocenters. The molecule has 2 aromatic rings. The summed E-state index contributed by atoms with van der Waals surface area (Å²) in [6.45, 7) is 1.75. The molecule has 1 aliphatic heterocycles. The van der Waals surface area contributed by atoms with Gasteiger partial charge in [0, 0.05) is 37.9 Å². The number of hydrogen-bond donors (Lipinski definition) is 1. The smallest absolute Gasteiger partial charge is 0.263 e. The Morgan fingerprint density at radius 1 is 1.14 bits per heavy atom. The van der Waals surface area contributed by atoms with Crippen molar-refractivity contribution in [3.63, 3.8) is 0 Å². The van der Waals surface area contributed by atoms with Crippen LogP contribution in [-0.4, -0.2) is 40.9 Å². The Labute approximate surface area is 169 Å². The zero-order valence-electron chi connectivity index (χ0n) is 15.9. The summed E-state index contributed by atoms with van der Waals surface area (Å²) >= 11 is 6.09. The van der Waals surface area contributed by atoms with Gasteiger partial charge in [-0.2, -0.15) is 0 Å². The van der Waals surface area contributed by atoms with Crippen molar-refractivity contribution in [1.29, 1.82) is 0 Å². The molecule has 0 bridgehead atoms. The first kappa shape index (κ1) is 20.1. The first-order valence-electron chi connectivity index (χ1n) is 9.40. The number of aryl methyl sites for hydroxylation is 1. The van der Waals surface area contributed by atoms with E-state index in [4.69, 9.17) is 11.6 Å². The lowest BCUT2D eigenvalue weighted by Crippen LogP contribution is -2.43. The first-order valence-corrected chi connectivity index (χ1v) is 9.78. The molecule has 1 N–H and O–H groups in total. The molecule has 2 heterocycles. The summed E-state index contributed by atoms with van der Waals surface area (Å²) in [5, 5.41) is 3.56. The molecule has 28 heavy (non-hydrogen) atoms. The molecule has 1 fully saturated rings. The van der Waals surface area contributed by atoms with Crippen molar-refractivity contribution in [3.8, 4) is 0 Å². The van der Waals surface area contributed by atoms with Crippen LogP contribution in [0.1, 0.15) is 28.8 Å². The number of nitrogens with zero attached hydrogens (tertiary/aromatic N) is 2. The third kappa shape index (κ3) is 4.81. The number of nitrogens with one attached hydrogen (secondary N) is 1. The van der Waals surface area contributed by atoms with Crippen molar-refractivity contribution in [2.24, 2.45) is 13.0 Å². The number of aromatic nitrogens is 1. The van der Waals surface area contributed by atoms with Crippen LogP contribution in [0.15, 0.2) is 47.4 Å². The van der Waals surface area contributed by atoms with Gasteiger partial charge < -0.3 is 14.8 Å². The van der Waals surface area contributed by atoms with Crippen molar-refractivity contribution in [1.82, 2.24) is 14.8 Å². The summed E-state index contributed by atoms with van der Waals surface area (Å²) in [4.78, 5) is 38.6. The number of rotatable bonds is 5. The van der Waals surface area contributed by atoms with Gasteiger partial charge in [0.15, 0.2) is 0 Å². The third-order valence-corrected chi connectivity index (χ3v) is 5.52. The van der Waals surface area contributed by atoms with Crippen LogP contribution in [0, 0.1) is 5.92 Å². The molecular formula is C21H24ClN3O3. The largest absolute Gasteiger partial charge is 0.356 e. The van der Waals surface area contributed by atoms with Crippen molar-refractivity contribution in [2.45, 2.75) is 19.3 Å². The zero-order chi connectivity index (χ0) is 20.1. The SMILES string of the molecule is Cn1cccc(C(=O)N2CCC(CNC(=O)Cc3ccccc3Cl)CC2)c1=O. The quantitative estimate of drug-likeness (QED) is 0.835. The van der Waals surface area contributed by atoms with Gasteiger partial charge in [-0.15, -0.1) is 0 Å². The highest BCUT2D eigenvalue weighted by molar-refractivity contribution is 6.31. The lowest BCUT2D eigenvalue weighted by Gasteiger charge is -2.32. The predicted molar refractivity (Wildman–Crippen MR) is 108 cm³/mol.